The van der Waals surface area contributed by atoms with Gasteiger partial charge in [0.25, 0.3) is 5.56 Å². The molecule has 0 N–H and O–H groups in total. The Bertz CT molecular complexity index is 1320. The minimum absolute atomic E-state index is 0.317. The van der Waals surface area contributed by atoms with Crippen LogP contribution in [0.15, 0.2) is 34.0 Å². The summed E-state index contributed by atoms with van der Waals surface area (Å²) in [5, 5.41) is 0.660. The van der Waals surface area contributed by atoms with Crippen LogP contribution in [-0.2, 0) is 13.6 Å². The van der Waals surface area contributed by atoms with Crippen molar-refractivity contribution in [1.29, 1.82) is 0 Å². The lowest BCUT2D eigenvalue weighted by Crippen LogP contribution is -2.39. The number of hydrogen-bond acceptors (Lipinski definition) is 3. The summed E-state index contributed by atoms with van der Waals surface area (Å²) in [4.78, 5) is 30.2. The molecule has 4 aromatic rings. The van der Waals surface area contributed by atoms with Crippen LogP contribution in [0.5, 0.6) is 0 Å². The Morgan fingerprint density at radius 1 is 1.19 bits per heavy atom. The topological polar surface area (TPSA) is 66.2 Å². The predicted octanol–water partition coefficient (Wildman–Crippen LogP) is 2.82. The van der Waals surface area contributed by atoms with E-state index in [2.05, 4.69) is 4.98 Å². The second kappa shape index (κ2) is 6.13. The van der Waals surface area contributed by atoms with Crippen LogP contribution in [0.3, 0.4) is 0 Å². The maximum Gasteiger partial charge on any atom is 0.332 e. The third kappa shape index (κ3) is 2.38. The number of fused-ring (bicyclic) bond motifs is 3. The first-order valence-electron chi connectivity index (χ1n) is 8.82. The van der Waals surface area contributed by atoms with E-state index >= 15 is 0 Å². The van der Waals surface area contributed by atoms with Crippen LogP contribution < -0.4 is 11.2 Å². The van der Waals surface area contributed by atoms with Gasteiger partial charge >= 0.3 is 5.69 Å². The summed E-state index contributed by atoms with van der Waals surface area (Å²) in [6.45, 7) is 6.21. The molecule has 1 aromatic carbocycles. The highest BCUT2D eigenvalue weighted by molar-refractivity contribution is 6.31. The summed E-state index contributed by atoms with van der Waals surface area (Å²) in [5.74, 6) is 0.578. The van der Waals surface area contributed by atoms with Gasteiger partial charge in [-0.05, 0) is 38.0 Å². The number of benzene rings is 1. The number of nitrogens with zero attached hydrogens (tertiary/aromatic N) is 5. The zero-order chi connectivity index (χ0) is 19.5. The number of aryl methyl sites for hydroxylation is 2. The summed E-state index contributed by atoms with van der Waals surface area (Å²) >= 11 is 6.30. The molecule has 0 saturated heterocycles. The smallest absolute Gasteiger partial charge is 0.283 e. The molecule has 0 aliphatic rings. The Balaban J connectivity index is 2.17. The molecule has 0 amide bonds. The first kappa shape index (κ1) is 17.6. The molecule has 0 saturated carbocycles. The minimum Gasteiger partial charge on any atom is -0.283 e. The van der Waals surface area contributed by atoms with Gasteiger partial charge in [-0.1, -0.05) is 24.6 Å². The van der Waals surface area contributed by atoms with Crippen LogP contribution in [0.1, 0.15) is 24.6 Å². The second-order valence-corrected chi connectivity index (χ2v) is 7.15. The zero-order valence-electron chi connectivity index (χ0n) is 15.7. The van der Waals surface area contributed by atoms with Crippen LogP contribution in [0.2, 0.25) is 5.02 Å². The van der Waals surface area contributed by atoms with E-state index in [-0.39, 0.29) is 11.2 Å². The summed E-state index contributed by atoms with van der Waals surface area (Å²) < 4.78 is 6.42. The molecule has 0 aliphatic carbocycles. The lowest BCUT2D eigenvalue weighted by atomic mass is 10.2. The zero-order valence-corrected chi connectivity index (χ0v) is 16.4. The van der Waals surface area contributed by atoms with E-state index in [1.807, 2.05) is 49.7 Å². The SMILES string of the molecule is CCCn1c(=O)c2c(nc3n(-c4cccc(Cl)c4C)c(C)cn23)n(C)c1=O. The molecular formula is C19H20ClN5O2. The quantitative estimate of drug-likeness (QED) is 0.544. The Labute approximate surface area is 160 Å². The maximum absolute atomic E-state index is 13.0. The van der Waals surface area contributed by atoms with Crippen molar-refractivity contribution < 1.29 is 0 Å². The van der Waals surface area contributed by atoms with Crippen molar-refractivity contribution in [1.82, 2.24) is 23.1 Å². The molecule has 0 fully saturated rings. The minimum atomic E-state index is -0.350. The van der Waals surface area contributed by atoms with Crippen molar-refractivity contribution in [2.75, 3.05) is 0 Å². The molecule has 0 radical (unpaired) electrons. The van der Waals surface area contributed by atoms with Gasteiger partial charge in [0.15, 0.2) is 11.2 Å². The van der Waals surface area contributed by atoms with Gasteiger partial charge in [-0.2, -0.15) is 4.98 Å². The average molecular weight is 386 g/mol. The van der Waals surface area contributed by atoms with E-state index in [0.29, 0.717) is 34.9 Å². The fourth-order valence-electron chi connectivity index (χ4n) is 3.57. The van der Waals surface area contributed by atoms with E-state index in [1.54, 1.807) is 11.4 Å². The molecule has 0 aliphatic heterocycles. The van der Waals surface area contributed by atoms with Crippen molar-refractivity contribution in [3.8, 4) is 5.69 Å². The van der Waals surface area contributed by atoms with Crippen LogP contribution in [0, 0.1) is 13.8 Å². The third-order valence-corrected chi connectivity index (χ3v) is 5.36. The highest BCUT2D eigenvalue weighted by Crippen LogP contribution is 2.26. The number of aromatic nitrogens is 5. The molecule has 0 atom stereocenters. The molecule has 0 spiro atoms. The number of hydrogen-bond donors (Lipinski definition) is 0. The summed E-state index contributed by atoms with van der Waals surface area (Å²) in [5.41, 5.74) is 2.84. The summed E-state index contributed by atoms with van der Waals surface area (Å²) in [6.07, 6.45) is 2.57. The van der Waals surface area contributed by atoms with E-state index in [4.69, 9.17) is 11.6 Å². The van der Waals surface area contributed by atoms with Gasteiger partial charge in [0, 0.05) is 30.5 Å². The number of halogens is 1. The van der Waals surface area contributed by atoms with Gasteiger partial charge in [-0.3, -0.25) is 22.9 Å². The van der Waals surface area contributed by atoms with E-state index in [1.165, 1.54) is 9.13 Å². The van der Waals surface area contributed by atoms with E-state index in [9.17, 15) is 9.59 Å². The van der Waals surface area contributed by atoms with Crippen LogP contribution in [0.4, 0.5) is 0 Å². The Kier molecular flexibility index (Phi) is 3.99. The Hall–Kier alpha value is -2.80. The molecule has 0 bridgehead atoms. The molecule has 140 valence electrons. The lowest BCUT2D eigenvalue weighted by Gasteiger charge is -2.10. The molecule has 27 heavy (non-hydrogen) atoms. The molecular weight excluding hydrogens is 366 g/mol. The van der Waals surface area contributed by atoms with Crippen LogP contribution >= 0.6 is 11.6 Å². The average Bonchev–Trinajstić information content (AvgIpc) is 3.14. The van der Waals surface area contributed by atoms with Crippen LogP contribution in [-0.4, -0.2) is 23.1 Å². The van der Waals surface area contributed by atoms with Gasteiger partial charge < -0.3 is 0 Å². The third-order valence-electron chi connectivity index (χ3n) is 4.95. The highest BCUT2D eigenvalue weighted by Gasteiger charge is 2.21. The maximum atomic E-state index is 13.0. The van der Waals surface area contributed by atoms with Gasteiger partial charge in [0.2, 0.25) is 5.78 Å². The van der Waals surface area contributed by atoms with Gasteiger partial charge in [-0.15, -0.1) is 0 Å². The van der Waals surface area contributed by atoms with Gasteiger partial charge in [0.05, 0.1) is 5.69 Å². The molecule has 0 unspecified atom stereocenters. The summed E-state index contributed by atoms with van der Waals surface area (Å²) in [6, 6.07) is 5.68. The number of rotatable bonds is 3. The molecule has 3 aromatic heterocycles. The van der Waals surface area contributed by atoms with Gasteiger partial charge in [-0.25, -0.2) is 4.79 Å². The first-order chi connectivity index (χ1) is 12.9. The highest BCUT2D eigenvalue weighted by atomic mass is 35.5. The van der Waals surface area contributed by atoms with E-state index < -0.39 is 0 Å². The molecule has 4 rings (SSSR count). The van der Waals surface area contributed by atoms with Crippen molar-refractivity contribution in [2.24, 2.45) is 7.05 Å². The normalized spacial score (nSPS) is 11.7. The molecule has 8 heteroatoms. The van der Waals surface area contributed by atoms with Crippen molar-refractivity contribution in [2.45, 2.75) is 33.7 Å². The molecule has 7 nitrogen and oxygen atoms in total. The predicted molar refractivity (Wildman–Crippen MR) is 106 cm³/mol. The Morgan fingerprint density at radius 3 is 2.63 bits per heavy atom. The lowest BCUT2D eigenvalue weighted by molar-refractivity contribution is 0.592. The van der Waals surface area contributed by atoms with Gasteiger partial charge in [0.1, 0.15) is 0 Å². The fourth-order valence-corrected chi connectivity index (χ4v) is 3.74. The first-order valence-corrected chi connectivity index (χ1v) is 9.20. The van der Waals surface area contributed by atoms with Crippen molar-refractivity contribution in [3.63, 3.8) is 0 Å². The largest absolute Gasteiger partial charge is 0.332 e. The standard InChI is InChI=1S/C19H20ClN5O2/c1-5-9-23-17(26)15-16(22(4)19(23)27)21-18-24(15)10-11(2)25(18)14-8-6-7-13(20)12(14)3/h6-8,10H,5,9H2,1-4H3. The van der Waals surface area contributed by atoms with E-state index in [0.717, 1.165) is 16.9 Å². The second-order valence-electron chi connectivity index (χ2n) is 6.74. The monoisotopic (exact) mass is 385 g/mol. The van der Waals surface area contributed by atoms with Crippen molar-refractivity contribution >= 4 is 28.5 Å². The van der Waals surface area contributed by atoms with Crippen LogP contribution in [0.25, 0.3) is 22.6 Å². The summed E-state index contributed by atoms with van der Waals surface area (Å²) in [7, 11) is 1.64. The number of imidazole rings is 2. The fraction of sp³-hybridized carbons (Fsp3) is 0.316. The molecule has 3 heterocycles. The Morgan fingerprint density at radius 2 is 1.93 bits per heavy atom. The van der Waals surface area contributed by atoms with Crippen molar-refractivity contribution in [3.05, 3.63) is 61.5 Å².